The Morgan fingerprint density at radius 2 is 2.32 bits per heavy atom. The maximum atomic E-state index is 13.6. The van der Waals surface area contributed by atoms with Gasteiger partial charge in [0.05, 0.1) is 31.6 Å². The predicted molar refractivity (Wildman–Crippen MR) is 80.4 cm³/mol. The summed E-state index contributed by atoms with van der Waals surface area (Å²) in [6, 6.07) is 6.63. The number of benzene rings is 1. The molecule has 2 aromatic rings. The summed E-state index contributed by atoms with van der Waals surface area (Å²) in [4.78, 5) is 2.11. The van der Waals surface area contributed by atoms with Gasteiger partial charge in [-0.2, -0.15) is 5.10 Å². The van der Waals surface area contributed by atoms with Gasteiger partial charge in [-0.05, 0) is 36.9 Å². The van der Waals surface area contributed by atoms with E-state index in [2.05, 4.69) is 10.00 Å². The summed E-state index contributed by atoms with van der Waals surface area (Å²) in [7, 11) is 2.00. The average molecular weight is 305 g/mol. The van der Waals surface area contributed by atoms with Crippen molar-refractivity contribution in [2.45, 2.75) is 12.6 Å². The number of hydrogen-bond donors (Lipinski definition) is 0. The minimum Gasteiger partial charge on any atom is -0.376 e. The molecular weight excluding hydrogens is 285 g/mol. The highest BCUT2D eigenvalue weighted by atomic mass is 19.1. The Morgan fingerprint density at radius 1 is 1.41 bits per heavy atom. The molecule has 0 spiro atoms. The Balaban J connectivity index is 1.72. The third-order valence-corrected chi connectivity index (χ3v) is 3.63. The van der Waals surface area contributed by atoms with E-state index in [1.54, 1.807) is 23.0 Å². The maximum absolute atomic E-state index is 13.6. The number of aromatic nitrogens is 2. The van der Waals surface area contributed by atoms with E-state index >= 15 is 0 Å². The Morgan fingerprint density at radius 3 is 3.05 bits per heavy atom. The first-order valence-corrected chi connectivity index (χ1v) is 7.39. The normalized spacial score (nSPS) is 18.8. The second-order valence-electron chi connectivity index (χ2n) is 5.49. The lowest BCUT2D eigenvalue weighted by molar-refractivity contribution is -0.0962. The molecule has 2 heterocycles. The van der Waals surface area contributed by atoms with Gasteiger partial charge in [0, 0.05) is 25.5 Å². The second-order valence-corrected chi connectivity index (χ2v) is 5.49. The summed E-state index contributed by atoms with van der Waals surface area (Å²) in [5.41, 5.74) is 1.78. The standard InChI is InChI=1S/C16H20FN3O2/c1-19(11-15-12-21-7-8-22-15)10-13-9-14(17)3-4-16(13)20-6-2-5-18-20/h2-6,9,15H,7-8,10-12H2,1H3/t15-/m1/s1. The highest BCUT2D eigenvalue weighted by Gasteiger charge is 2.17. The van der Waals surface area contributed by atoms with Crippen LogP contribution in [-0.2, 0) is 16.0 Å². The Hall–Kier alpha value is -1.76. The van der Waals surface area contributed by atoms with Crippen molar-refractivity contribution in [3.63, 3.8) is 0 Å². The lowest BCUT2D eigenvalue weighted by Gasteiger charge is -2.27. The van der Waals surface area contributed by atoms with Gasteiger partial charge in [-0.3, -0.25) is 4.90 Å². The Labute approximate surface area is 129 Å². The van der Waals surface area contributed by atoms with Gasteiger partial charge in [0.1, 0.15) is 5.82 Å². The third kappa shape index (κ3) is 3.71. The van der Waals surface area contributed by atoms with Gasteiger partial charge in [-0.25, -0.2) is 9.07 Å². The van der Waals surface area contributed by atoms with Crippen LogP contribution >= 0.6 is 0 Å². The topological polar surface area (TPSA) is 39.5 Å². The van der Waals surface area contributed by atoms with E-state index in [4.69, 9.17) is 9.47 Å². The lowest BCUT2D eigenvalue weighted by atomic mass is 10.1. The molecule has 1 aliphatic heterocycles. The molecule has 6 heteroatoms. The van der Waals surface area contributed by atoms with Crippen LogP contribution in [0.5, 0.6) is 0 Å². The minimum atomic E-state index is -0.239. The molecule has 0 bridgehead atoms. The van der Waals surface area contributed by atoms with Crippen molar-refractivity contribution in [2.24, 2.45) is 0 Å². The molecule has 118 valence electrons. The van der Waals surface area contributed by atoms with E-state index in [9.17, 15) is 4.39 Å². The smallest absolute Gasteiger partial charge is 0.123 e. The molecule has 0 unspecified atom stereocenters. The molecule has 0 aliphatic carbocycles. The van der Waals surface area contributed by atoms with Crippen LogP contribution in [0.4, 0.5) is 4.39 Å². The van der Waals surface area contributed by atoms with Crippen molar-refractivity contribution in [1.82, 2.24) is 14.7 Å². The number of ether oxygens (including phenoxy) is 2. The van der Waals surface area contributed by atoms with Crippen molar-refractivity contribution in [2.75, 3.05) is 33.4 Å². The quantitative estimate of drug-likeness (QED) is 0.845. The van der Waals surface area contributed by atoms with Gasteiger partial charge < -0.3 is 9.47 Å². The van der Waals surface area contributed by atoms with E-state index in [0.29, 0.717) is 26.4 Å². The highest BCUT2D eigenvalue weighted by molar-refractivity contribution is 5.40. The van der Waals surface area contributed by atoms with E-state index < -0.39 is 0 Å². The zero-order chi connectivity index (χ0) is 15.4. The fourth-order valence-electron chi connectivity index (χ4n) is 2.66. The van der Waals surface area contributed by atoms with E-state index in [1.807, 2.05) is 19.3 Å². The van der Waals surface area contributed by atoms with Crippen LogP contribution in [0.2, 0.25) is 0 Å². The maximum Gasteiger partial charge on any atom is 0.123 e. The number of halogens is 1. The number of hydrogen-bond acceptors (Lipinski definition) is 4. The predicted octanol–water partition coefficient (Wildman–Crippen LogP) is 1.86. The minimum absolute atomic E-state index is 0.0699. The van der Waals surface area contributed by atoms with Crippen molar-refractivity contribution in [1.29, 1.82) is 0 Å². The van der Waals surface area contributed by atoms with Gasteiger partial charge in [0.15, 0.2) is 0 Å². The Bertz CT molecular complexity index is 597. The van der Waals surface area contributed by atoms with Crippen LogP contribution in [-0.4, -0.2) is 54.2 Å². The first kappa shape index (κ1) is 15.1. The molecule has 1 saturated heterocycles. The van der Waals surface area contributed by atoms with Crippen LogP contribution in [0.25, 0.3) is 5.69 Å². The summed E-state index contributed by atoms with van der Waals surface area (Å²) in [5.74, 6) is -0.239. The molecule has 1 aromatic carbocycles. The number of likely N-dealkylation sites (N-methyl/N-ethyl adjacent to an activating group) is 1. The van der Waals surface area contributed by atoms with Crippen LogP contribution in [0.3, 0.4) is 0 Å². The molecule has 1 atom stereocenters. The fourth-order valence-corrected chi connectivity index (χ4v) is 2.66. The van der Waals surface area contributed by atoms with Gasteiger partial charge in [0.25, 0.3) is 0 Å². The third-order valence-electron chi connectivity index (χ3n) is 3.63. The molecule has 0 radical (unpaired) electrons. The van der Waals surface area contributed by atoms with Crippen LogP contribution in [0, 0.1) is 5.82 Å². The first-order chi connectivity index (χ1) is 10.7. The monoisotopic (exact) mass is 305 g/mol. The van der Waals surface area contributed by atoms with Crippen LogP contribution < -0.4 is 0 Å². The first-order valence-electron chi connectivity index (χ1n) is 7.39. The summed E-state index contributed by atoms with van der Waals surface area (Å²) < 4.78 is 26.4. The van der Waals surface area contributed by atoms with Gasteiger partial charge in [-0.15, -0.1) is 0 Å². The van der Waals surface area contributed by atoms with Crippen LogP contribution in [0.1, 0.15) is 5.56 Å². The number of nitrogens with zero attached hydrogens (tertiary/aromatic N) is 3. The van der Waals surface area contributed by atoms with Crippen LogP contribution in [0.15, 0.2) is 36.7 Å². The Kier molecular flexibility index (Phi) is 4.82. The molecule has 0 N–H and O–H groups in total. The number of rotatable bonds is 5. The molecule has 1 aliphatic rings. The molecule has 3 rings (SSSR count). The molecule has 1 aromatic heterocycles. The molecule has 0 saturated carbocycles. The van der Waals surface area contributed by atoms with Gasteiger partial charge in [-0.1, -0.05) is 0 Å². The molecular formula is C16H20FN3O2. The largest absolute Gasteiger partial charge is 0.376 e. The average Bonchev–Trinajstić information content (AvgIpc) is 3.02. The van der Waals surface area contributed by atoms with Crippen molar-refractivity contribution in [3.8, 4) is 5.69 Å². The molecule has 5 nitrogen and oxygen atoms in total. The lowest BCUT2D eigenvalue weighted by Crippen LogP contribution is -2.38. The van der Waals surface area contributed by atoms with E-state index in [-0.39, 0.29) is 11.9 Å². The molecule has 1 fully saturated rings. The summed E-state index contributed by atoms with van der Waals surface area (Å²) in [5, 5.41) is 4.23. The summed E-state index contributed by atoms with van der Waals surface area (Å²) >= 11 is 0. The molecule has 22 heavy (non-hydrogen) atoms. The zero-order valence-corrected chi connectivity index (χ0v) is 12.6. The van der Waals surface area contributed by atoms with Gasteiger partial charge in [0.2, 0.25) is 0 Å². The van der Waals surface area contributed by atoms with Gasteiger partial charge >= 0.3 is 0 Å². The highest BCUT2D eigenvalue weighted by Crippen LogP contribution is 2.17. The van der Waals surface area contributed by atoms with E-state index in [1.165, 1.54) is 6.07 Å². The summed E-state index contributed by atoms with van der Waals surface area (Å²) in [6.07, 6.45) is 3.64. The fraction of sp³-hybridized carbons (Fsp3) is 0.438. The zero-order valence-electron chi connectivity index (χ0n) is 12.6. The second kappa shape index (κ2) is 7.00. The van der Waals surface area contributed by atoms with E-state index in [0.717, 1.165) is 17.8 Å². The van der Waals surface area contributed by atoms with Crippen molar-refractivity contribution >= 4 is 0 Å². The molecule has 0 amide bonds. The SMILES string of the molecule is CN(Cc1cc(F)ccc1-n1cccn1)C[C@@H]1COCCO1. The van der Waals surface area contributed by atoms with Crippen molar-refractivity contribution in [3.05, 3.63) is 48.0 Å². The van der Waals surface area contributed by atoms with Crippen molar-refractivity contribution < 1.29 is 13.9 Å². The summed E-state index contributed by atoms with van der Waals surface area (Å²) in [6.45, 7) is 3.27.